The van der Waals surface area contributed by atoms with Gasteiger partial charge in [0.15, 0.2) is 0 Å². The van der Waals surface area contributed by atoms with Gasteiger partial charge in [0.25, 0.3) is 0 Å². The van der Waals surface area contributed by atoms with Crippen molar-refractivity contribution in [2.24, 2.45) is 7.05 Å². The molecule has 2 aromatic rings. The number of benzene rings is 1. The van der Waals surface area contributed by atoms with Gasteiger partial charge >= 0.3 is 0 Å². The van der Waals surface area contributed by atoms with Crippen molar-refractivity contribution in [3.8, 4) is 22.8 Å². The third kappa shape index (κ3) is 1.90. The minimum Gasteiger partial charge on any atom is -0.507 e. The van der Waals surface area contributed by atoms with Crippen LogP contribution in [0.25, 0.3) is 11.3 Å². The predicted octanol–water partition coefficient (Wildman–Crippen LogP) is 2.26. The van der Waals surface area contributed by atoms with E-state index in [0.29, 0.717) is 22.8 Å². The number of hydrogen-bond donors (Lipinski definition) is 2. The molecule has 20 heavy (non-hydrogen) atoms. The fourth-order valence-electron chi connectivity index (χ4n) is 2.88. The monoisotopic (exact) mass is 273 g/mol. The molecule has 0 radical (unpaired) electrons. The van der Waals surface area contributed by atoms with Crippen LogP contribution in [0.3, 0.4) is 0 Å². The Bertz CT molecular complexity index is 642. The van der Waals surface area contributed by atoms with Crippen LogP contribution in [0.4, 0.5) is 5.82 Å². The summed E-state index contributed by atoms with van der Waals surface area (Å²) in [6.07, 6.45) is 4.07. The number of nitrogen functional groups attached to an aromatic ring is 1. The van der Waals surface area contributed by atoms with E-state index in [1.54, 1.807) is 24.9 Å². The van der Waals surface area contributed by atoms with E-state index in [9.17, 15) is 5.11 Å². The molecule has 3 N–H and O–H groups in total. The zero-order valence-electron chi connectivity index (χ0n) is 11.8. The molecule has 1 heterocycles. The molecule has 0 bridgehead atoms. The quantitative estimate of drug-likeness (QED) is 0.880. The number of anilines is 1. The van der Waals surface area contributed by atoms with Crippen LogP contribution < -0.4 is 10.5 Å². The number of phenols is 1. The average molecular weight is 273 g/mol. The van der Waals surface area contributed by atoms with E-state index >= 15 is 0 Å². The van der Waals surface area contributed by atoms with Gasteiger partial charge in [-0.25, -0.2) is 0 Å². The first-order chi connectivity index (χ1) is 9.61. The van der Waals surface area contributed by atoms with Gasteiger partial charge in [-0.2, -0.15) is 5.10 Å². The van der Waals surface area contributed by atoms with Gasteiger partial charge in [0.05, 0.1) is 12.8 Å². The summed E-state index contributed by atoms with van der Waals surface area (Å²) < 4.78 is 7.09. The highest BCUT2D eigenvalue weighted by molar-refractivity contribution is 5.74. The first-order valence-electron chi connectivity index (χ1n) is 6.83. The van der Waals surface area contributed by atoms with Gasteiger partial charge in [0.1, 0.15) is 17.3 Å². The Balaban J connectivity index is 2.21. The summed E-state index contributed by atoms with van der Waals surface area (Å²) in [6.45, 7) is 0. The molecular formula is C15H19N3O2. The van der Waals surface area contributed by atoms with Gasteiger partial charge in [0, 0.05) is 29.8 Å². The van der Waals surface area contributed by atoms with Gasteiger partial charge in [0.2, 0.25) is 0 Å². The SMILES string of the molecule is COc1cc(-c2cc(N)n(C)n2)c(O)c2c1CCCC2. The molecule has 0 aliphatic heterocycles. The smallest absolute Gasteiger partial charge is 0.128 e. The van der Waals surface area contributed by atoms with Crippen molar-refractivity contribution in [1.29, 1.82) is 0 Å². The molecule has 1 aliphatic rings. The Kier molecular flexibility index (Phi) is 3.04. The average Bonchev–Trinajstić information content (AvgIpc) is 2.79. The lowest BCUT2D eigenvalue weighted by Gasteiger charge is -2.21. The largest absolute Gasteiger partial charge is 0.507 e. The van der Waals surface area contributed by atoms with E-state index in [-0.39, 0.29) is 0 Å². The Hall–Kier alpha value is -2.17. The van der Waals surface area contributed by atoms with Crippen LogP contribution in [0.1, 0.15) is 24.0 Å². The van der Waals surface area contributed by atoms with Crippen molar-refractivity contribution < 1.29 is 9.84 Å². The van der Waals surface area contributed by atoms with E-state index in [0.717, 1.165) is 42.6 Å². The second kappa shape index (κ2) is 4.74. The van der Waals surface area contributed by atoms with Crippen LogP contribution in [0.2, 0.25) is 0 Å². The highest BCUT2D eigenvalue weighted by Crippen LogP contribution is 2.42. The second-order valence-corrected chi connectivity index (χ2v) is 5.22. The van der Waals surface area contributed by atoms with E-state index in [1.807, 2.05) is 6.07 Å². The van der Waals surface area contributed by atoms with Crippen LogP contribution in [-0.4, -0.2) is 22.0 Å². The third-order valence-electron chi connectivity index (χ3n) is 3.99. The fourth-order valence-corrected chi connectivity index (χ4v) is 2.88. The molecule has 1 aromatic carbocycles. The van der Waals surface area contributed by atoms with Crippen molar-refractivity contribution in [3.63, 3.8) is 0 Å². The fraction of sp³-hybridized carbons (Fsp3) is 0.400. The van der Waals surface area contributed by atoms with Crippen LogP contribution in [-0.2, 0) is 19.9 Å². The number of nitrogens with two attached hydrogens (primary N) is 1. The van der Waals surface area contributed by atoms with Crippen LogP contribution >= 0.6 is 0 Å². The van der Waals surface area contributed by atoms with Crippen molar-refractivity contribution in [2.45, 2.75) is 25.7 Å². The van der Waals surface area contributed by atoms with Gasteiger partial charge < -0.3 is 15.6 Å². The molecule has 0 fully saturated rings. The number of aromatic hydroxyl groups is 1. The van der Waals surface area contributed by atoms with Gasteiger partial charge in [-0.1, -0.05) is 0 Å². The molecule has 1 aromatic heterocycles. The number of fused-ring (bicyclic) bond motifs is 1. The Morgan fingerprint density at radius 1 is 1.25 bits per heavy atom. The lowest BCUT2D eigenvalue weighted by atomic mass is 9.88. The second-order valence-electron chi connectivity index (χ2n) is 5.22. The van der Waals surface area contributed by atoms with Crippen molar-refractivity contribution in [1.82, 2.24) is 9.78 Å². The molecule has 0 spiro atoms. The lowest BCUT2D eigenvalue weighted by Crippen LogP contribution is -2.06. The van der Waals surface area contributed by atoms with Crippen LogP contribution in [0.15, 0.2) is 12.1 Å². The molecule has 0 atom stereocenters. The van der Waals surface area contributed by atoms with Gasteiger partial charge in [-0.15, -0.1) is 0 Å². The summed E-state index contributed by atoms with van der Waals surface area (Å²) in [5.41, 5.74) is 9.31. The summed E-state index contributed by atoms with van der Waals surface area (Å²) in [4.78, 5) is 0. The minimum atomic E-state index is 0.318. The first-order valence-corrected chi connectivity index (χ1v) is 6.83. The number of methoxy groups -OCH3 is 1. The molecule has 0 amide bonds. The number of nitrogens with zero attached hydrogens (tertiary/aromatic N) is 2. The van der Waals surface area contributed by atoms with E-state index < -0.39 is 0 Å². The standard InChI is InChI=1S/C15H19N3O2/c1-18-14(16)8-12(17-18)11-7-13(20-2)9-5-3-4-6-10(9)15(11)19/h7-8,19H,3-6,16H2,1-2H3. The van der Waals surface area contributed by atoms with E-state index in [1.165, 1.54) is 0 Å². The van der Waals surface area contributed by atoms with Crippen LogP contribution in [0, 0.1) is 0 Å². The molecule has 1 aliphatic carbocycles. The van der Waals surface area contributed by atoms with E-state index in [2.05, 4.69) is 5.10 Å². The highest BCUT2D eigenvalue weighted by Gasteiger charge is 2.22. The number of rotatable bonds is 2. The number of ether oxygens (including phenoxy) is 1. The normalized spacial score (nSPS) is 14.1. The topological polar surface area (TPSA) is 73.3 Å². The first kappa shape index (κ1) is 12.8. The van der Waals surface area contributed by atoms with Gasteiger partial charge in [-0.3, -0.25) is 4.68 Å². The third-order valence-corrected chi connectivity index (χ3v) is 3.99. The molecule has 0 saturated heterocycles. The molecule has 106 valence electrons. The maximum Gasteiger partial charge on any atom is 0.128 e. The van der Waals surface area contributed by atoms with Gasteiger partial charge in [-0.05, 0) is 31.7 Å². The highest BCUT2D eigenvalue weighted by atomic mass is 16.5. The lowest BCUT2D eigenvalue weighted by molar-refractivity contribution is 0.401. The minimum absolute atomic E-state index is 0.318. The number of aromatic nitrogens is 2. The van der Waals surface area contributed by atoms with E-state index in [4.69, 9.17) is 10.5 Å². The molecule has 0 saturated carbocycles. The molecular weight excluding hydrogens is 254 g/mol. The number of aryl methyl sites for hydroxylation is 1. The molecule has 5 heteroatoms. The summed E-state index contributed by atoms with van der Waals surface area (Å²) in [5.74, 6) is 1.71. The number of hydrogen-bond acceptors (Lipinski definition) is 4. The Morgan fingerprint density at radius 3 is 2.55 bits per heavy atom. The zero-order valence-corrected chi connectivity index (χ0v) is 11.8. The maximum absolute atomic E-state index is 10.6. The van der Waals surface area contributed by atoms with Crippen LogP contribution in [0.5, 0.6) is 11.5 Å². The summed E-state index contributed by atoms with van der Waals surface area (Å²) in [6, 6.07) is 3.63. The molecule has 3 rings (SSSR count). The summed E-state index contributed by atoms with van der Waals surface area (Å²) >= 11 is 0. The Labute approximate surface area is 118 Å². The Morgan fingerprint density at radius 2 is 1.95 bits per heavy atom. The summed E-state index contributed by atoms with van der Waals surface area (Å²) in [5, 5.41) is 14.9. The maximum atomic E-state index is 10.6. The zero-order chi connectivity index (χ0) is 14.3. The predicted molar refractivity (Wildman–Crippen MR) is 77.9 cm³/mol. The number of phenolic OH excluding ortho intramolecular Hbond substituents is 1. The van der Waals surface area contributed by atoms with Crippen molar-refractivity contribution in [3.05, 3.63) is 23.3 Å². The summed E-state index contributed by atoms with van der Waals surface area (Å²) in [7, 11) is 3.45. The van der Waals surface area contributed by atoms with Crippen molar-refractivity contribution in [2.75, 3.05) is 12.8 Å². The van der Waals surface area contributed by atoms with Crippen molar-refractivity contribution >= 4 is 5.82 Å². The molecule has 0 unspecified atom stereocenters. The molecule has 5 nitrogen and oxygen atoms in total.